The first-order chi connectivity index (χ1) is 10.2. The van der Waals surface area contributed by atoms with Crippen LogP contribution in [0.4, 0.5) is 0 Å². The van der Waals surface area contributed by atoms with Crippen LogP contribution in [0.15, 0.2) is 30.3 Å². The number of carbonyl (C=O) groups excluding carboxylic acids is 1. The van der Waals surface area contributed by atoms with E-state index in [4.69, 9.17) is 4.74 Å². The Hall–Kier alpha value is -1.39. The molecule has 4 nitrogen and oxygen atoms in total. The van der Waals surface area contributed by atoms with Crippen LogP contribution in [-0.2, 0) is 16.0 Å². The van der Waals surface area contributed by atoms with Gasteiger partial charge in [0.05, 0.1) is 5.60 Å². The van der Waals surface area contributed by atoms with E-state index in [1.165, 1.54) is 5.56 Å². The molecule has 2 fully saturated rings. The summed E-state index contributed by atoms with van der Waals surface area (Å²) >= 11 is 0. The first kappa shape index (κ1) is 14.5. The average Bonchev–Trinajstić information content (AvgIpc) is 2.52. The van der Waals surface area contributed by atoms with Crippen LogP contribution in [0.2, 0.25) is 0 Å². The van der Waals surface area contributed by atoms with Gasteiger partial charge in [-0.2, -0.15) is 0 Å². The normalized spacial score (nSPS) is 22.7. The lowest BCUT2D eigenvalue weighted by Gasteiger charge is -2.46. The van der Waals surface area contributed by atoms with E-state index in [9.17, 15) is 4.79 Å². The van der Waals surface area contributed by atoms with Crippen LogP contribution < -0.4 is 0 Å². The van der Waals surface area contributed by atoms with Crippen LogP contribution in [0.5, 0.6) is 0 Å². The molecule has 1 aromatic carbocycles. The van der Waals surface area contributed by atoms with Gasteiger partial charge in [-0.05, 0) is 24.8 Å². The Bertz CT molecular complexity index is 481. The number of nitrogens with zero attached hydrogens (tertiary/aromatic N) is 2. The molecule has 1 aromatic rings. The summed E-state index contributed by atoms with van der Waals surface area (Å²) in [5, 5.41) is 0. The highest BCUT2D eigenvalue weighted by atomic mass is 16.5. The van der Waals surface area contributed by atoms with Crippen LogP contribution >= 0.6 is 0 Å². The van der Waals surface area contributed by atoms with Crippen LogP contribution in [0, 0.1) is 0 Å². The van der Waals surface area contributed by atoms with Crippen molar-refractivity contribution in [1.82, 2.24) is 9.80 Å². The van der Waals surface area contributed by atoms with E-state index >= 15 is 0 Å². The quantitative estimate of drug-likeness (QED) is 0.846. The number of likely N-dealkylation sites (N-methyl/N-ethyl adjacent to an activating group) is 1. The van der Waals surface area contributed by atoms with Gasteiger partial charge < -0.3 is 14.5 Å². The molecule has 0 aromatic heterocycles. The molecule has 21 heavy (non-hydrogen) atoms. The van der Waals surface area contributed by atoms with Crippen LogP contribution in [-0.4, -0.2) is 61.1 Å². The molecule has 0 N–H and O–H groups in total. The molecule has 114 valence electrons. The minimum absolute atomic E-state index is 0.0914. The number of piperidine rings is 1. The van der Waals surface area contributed by atoms with Gasteiger partial charge in [0.25, 0.3) is 0 Å². The first-order valence-electron chi connectivity index (χ1n) is 7.81. The van der Waals surface area contributed by atoms with E-state index in [1.807, 2.05) is 11.9 Å². The van der Waals surface area contributed by atoms with Crippen molar-refractivity contribution in [3.8, 4) is 0 Å². The zero-order chi connectivity index (χ0) is 14.7. The van der Waals surface area contributed by atoms with Gasteiger partial charge in [-0.1, -0.05) is 30.3 Å². The maximum Gasteiger partial charge on any atom is 0.248 e. The van der Waals surface area contributed by atoms with Gasteiger partial charge >= 0.3 is 0 Å². The van der Waals surface area contributed by atoms with Crippen molar-refractivity contribution in [1.29, 1.82) is 0 Å². The van der Waals surface area contributed by atoms with Gasteiger partial charge in [0, 0.05) is 33.2 Å². The molecule has 1 spiro atoms. The van der Waals surface area contributed by atoms with Gasteiger partial charge in [-0.25, -0.2) is 0 Å². The van der Waals surface area contributed by atoms with Crippen molar-refractivity contribution in [2.75, 3.05) is 39.8 Å². The predicted octanol–water partition coefficient (Wildman–Crippen LogP) is 1.55. The Morgan fingerprint density at radius 3 is 2.57 bits per heavy atom. The van der Waals surface area contributed by atoms with Gasteiger partial charge in [0.1, 0.15) is 6.61 Å². The van der Waals surface area contributed by atoms with Crippen molar-refractivity contribution in [3.63, 3.8) is 0 Å². The number of likely N-dealkylation sites (tertiary alicyclic amines) is 1. The summed E-state index contributed by atoms with van der Waals surface area (Å²) in [6.45, 7) is 4.23. The van der Waals surface area contributed by atoms with E-state index in [0.717, 1.165) is 45.4 Å². The second-order valence-corrected chi connectivity index (χ2v) is 6.30. The lowest BCUT2D eigenvalue weighted by Crippen LogP contribution is -2.57. The van der Waals surface area contributed by atoms with E-state index < -0.39 is 0 Å². The molecule has 0 atom stereocenters. The molecular weight excluding hydrogens is 264 g/mol. The standard InChI is InChI=1S/C17H24N2O2/c1-18-14-17(21-13-16(18)20)8-11-19(12-9-17)10-7-15-5-3-2-4-6-15/h2-6H,7-14H2,1H3. The number of benzene rings is 1. The van der Waals surface area contributed by atoms with Crippen LogP contribution in [0.25, 0.3) is 0 Å². The highest BCUT2D eigenvalue weighted by Crippen LogP contribution is 2.30. The SMILES string of the molecule is CN1CC2(CCN(CCc3ccccc3)CC2)OCC1=O. The van der Waals surface area contributed by atoms with E-state index in [-0.39, 0.29) is 18.1 Å². The van der Waals surface area contributed by atoms with Crippen molar-refractivity contribution in [2.45, 2.75) is 24.9 Å². The molecule has 2 saturated heterocycles. The fourth-order valence-corrected chi connectivity index (χ4v) is 3.31. The summed E-state index contributed by atoms with van der Waals surface area (Å²) in [6.07, 6.45) is 3.16. The molecule has 2 aliphatic rings. The second-order valence-electron chi connectivity index (χ2n) is 6.30. The largest absolute Gasteiger partial charge is 0.363 e. The summed E-state index contributed by atoms with van der Waals surface area (Å²) in [7, 11) is 1.88. The third kappa shape index (κ3) is 3.44. The second kappa shape index (κ2) is 6.16. The maximum atomic E-state index is 11.5. The molecule has 0 radical (unpaired) electrons. The third-order valence-corrected chi connectivity index (χ3v) is 4.78. The summed E-state index contributed by atoms with van der Waals surface area (Å²) in [5.74, 6) is 0.104. The number of carbonyl (C=O) groups is 1. The molecule has 0 bridgehead atoms. The zero-order valence-electron chi connectivity index (χ0n) is 12.8. The molecular formula is C17H24N2O2. The number of hydrogen-bond donors (Lipinski definition) is 0. The van der Waals surface area contributed by atoms with Gasteiger partial charge in [-0.3, -0.25) is 4.79 Å². The number of amides is 1. The topological polar surface area (TPSA) is 32.8 Å². The summed E-state index contributed by atoms with van der Waals surface area (Å²) < 4.78 is 5.88. The minimum atomic E-state index is -0.0914. The Morgan fingerprint density at radius 2 is 1.90 bits per heavy atom. The van der Waals surface area contributed by atoms with Gasteiger partial charge in [-0.15, -0.1) is 0 Å². The van der Waals surface area contributed by atoms with E-state index in [0.29, 0.717) is 0 Å². The molecule has 3 rings (SSSR count). The molecule has 0 unspecified atom stereocenters. The number of ether oxygens (including phenoxy) is 1. The first-order valence-corrected chi connectivity index (χ1v) is 7.81. The summed E-state index contributed by atoms with van der Waals surface area (Å²) in [4.78, 5) is 15.9. The predicted molar refractivity (Wildman–Crippen MR) is 82.1 cm³/mol. The number of hydrogen-bond acceptors (Lipinski definition) is 3. The highest BCUT2D eigenvalue weighted by Gasteiger charge is 2.40. The highest BCUT2D eigenvalue weighted by molar-refractivity contribution is 5.78. The lowest BCUT2D eigenvalue weighted by molar-refractivity contribution is -0.168. The zero-order valence-corrected chi connectivity index (χ0v) is 12.8. The molecule has 0 saturated carbocycles. The van der Waals surface area contributed by atoms with Crippen LogP contribution in [0.3, 0.4) is 0 Å². The van der Waals surface area contributed by atoms with E-state index in [2.05, 4.69) is 35.2 Å². The molecule has 2 aliphatic heterocycles. The Morgan fingerprint density at radius 1 is 1.19 bits per heavy atom. The average molecular weight is 288 g/mol. The van der Waals surface area contributed by atoms with Crippen molar-refractivity contribution < 1.29 is 9.53 Å². The summed E-state index contributed by atoms with van der Waals surface area (Å²) in [5.41, 5.74) is 1.31. The fourth-order valence-electron chi connectivity index (χ4n) is 3.31. The molecule has 4 heteroatoms. The Balaban J connectivity index is 1.48. The monoisotopic (exact) mass is 288 g/mol. The van der Waals surface area contributed by atoms with Gasteiger partial charge in [0.2, 0.25) is 5.91 Å². The van der Waals surface area contributed by atoms with Crippen molar-refractivity contribution in [3.05, 3.63) is 35.9 Å². The van der Waals surface area contributed by atoms with Gasteiger partial charge in [0.15, 0.2) is 0 Å². The minimum Gasteiger partial charge on any atom is -0.363 e. The smallest absolute Gasteiger partial charge is 0.248 e. The summed E-state index contributed by atoms with van der Waals surface area (Å²) in [6, 6.07) is 10.6. The third-order valence-electron chi connectivity index (χ3n) is 4.78. The fraction of sp³-hybridized carbons (Fsp3) is 0.588. The van der Waals surface area contributed by atoms with Crippen molar-refractivity contribution in [2.24, 2.45) is 0 Å². The maximum absolute atomic E-state index is 11.5. The van der Waals surface area contributed by atoms with Crippen LogP contribution in [0.1, 0.15) is 18.4 Å². The molecule has 0 aliphatic carbocycles. The Labute approximate surface area is 126 Å². The molecule has 1 amide bonds. The van der Waals surface area contributed by atoms with Crippen molar-refractivity contribution >= 4 is 5.91 Å². The number of morpholine rings is 1. The lowest BCUT2D eigenvalue weighted by atomic mass is 9.89. The molecule has 2 heterocycles. The van der Waals surface area contributed by atoms with E-state index in [1.54, 1.807) is 0 Å². The Kier molecular flexibility index (Phi) is 4.27. The number of rotatable bonds is 3.